The molecule has 1 heterocycles. The minimum atomic E-state index is -0.355. The molecular weight excluding hydrogens is 220 g/mol. The Labute approximate surface area is 79.3 Å². The Kier molecular flexibility index (Phi) is 2.07. The van der Waals surface area contributed by atoms with Gasteiger partial charge in [-0.2, -0.15) is 0 Å². The number of benzene rings is 1. The zero-order valence-corrected chi connectivity index (χ0v) is 8.04. The minimum Gasteiger partial charge on any atom is -0.491 e. The van der Waals surface area contributed by atoms with Gasteiger partial charge in [0.2, 0.25) is 0 Å². The number of fused-ring (bicyclic) bond motifs is 1. The molecule has 0 bridgehead atoms. The first-order valence-electron chi connectivity index (χ1n) is 3.85. The topological polar surface area (TPSA) is 29.5 Å². The molecule has 0 fully saturated rings. The highest BCUT2D eigenvalue weighted by atomic mass is 79.9. The zero-order valence-electron chi connectivity index (χ0n) is 6.46. The normalized spacial score (nSPS) is 21.3. The van der Waals surface area contributed by atoms with Gasteiger partial charge in [-0.05, 0) is 23.8 Å². The molecule has 0 aromatic heterocycles. The summed E-state index contributed by atoms with van der Waals surface area (Å²) in [4.78, 5) is 0. The fourth-order valence-corrected chi connectivity index (χ4v) is 1.76. The molecule has 12 heavy (non-hydrogen) atoms. The quantitative estimate of drug-likeness (QED) is 0.734. The van der Waals surface area contributed by atoms with E-state index in [0.29, 0.717) is 13.0 Å². The third-order valence-electron chi connectivity index (χ3n) is 1.91. The predicted molar refractivity (Wildman–Crippen MR) is 49.3 cm³/mol. The average molecular weight is 229 g/mol. The van der Waals surface area contributed by atoms with Gasteiger partial charge in [-0.3, -0.25) is 0 Å². The zero-order chi connectivity index (χ0) is 8.55. The third-order valence-corrected chi connectivity index (χ3v) is 2.40. The summed E-state index contributed by atoms with van der Waals surface area (Å²) in [6, 6.07) is 5.85. The van der Waals surface area contributed by atoms with Gasteiger partial charge in [0, 0.05) is 10.9 Å². The number of hydrogen-bond acceptors (Lipinski definition) is 2. The molecule has 0 amide bonds. The fourth-order valence-electron chi connectivity index (χ4n) is 1.35. The summed E-state index contributed by atoms with van der Waals surface area (Å²) in [7, 11) is 0. The van der Waals surface area contributed by atoms with Gasteiger partial charge in [-0.25, -0.2) is 0 Å². The standard InChI is InChI=1S/C9H9BrO2/c10-7-1-2-9-6(3-7)4-8(11)5-12-9/h1-3,8,11H,4-5H2. The Morgan fingerprint density at radius 1 is 1.50 bits per heavy atom. The van der Waals surface area contributed by atoms with E-state index in [4.69, 9.17) is 4.74 Å². The Hall–Kier alpha value is -0.540. The molecule has 0 spiro atoms. The van der Waals surface area contributed by atoms with Crippen LogP contribution >= 0.6 is 15.9 Å². The molecule has 3 heteroatoms. The van der Waals surface area contributed by atoms with Crippen LogP contribution in [0.4, 0.5) is 0 Å². The number of rotatable bonds is 0. The van der Waals surface area contributed by atoms with E-state index in [1.807, 2.05) is 18.2 Å². The molecule has 1 aromatic carbocycles. The molecule has 1 atom stereocenters. The Morgan fingerprint density at radius 3 is 3.17 bits per heavy atom. The molecule has 1 unspecified atom stereocenters. The molecule has 64 valence electrons. The van der Waals surface area contributed by atoms with Gasteiger partial charge in [0.15, 0.2) is 0 Å². The molecule has 0 aliphatic carbocycles. The van der Waals surface area contributed by atoms with E-state index >= 15 is 0 Å². The summed E-state index contributed by atoms with van der Waals surface area (Å²) in [5, 5.41) is 9.31. The minimum absolute atomic E-state index is 0.355. The van der Waals surface area contributed by atoms with Crippen molar-refractivity contribution in [3.63, 3.8) is 0 Å². The van der Waals surface area contributed by atoms with Gasteiger partial charge in [0.05, 0.1) is 6.10 Å². The summed E-state index contributed by atoms with van der Waals surface area (Å²) in [5.74, 6) is 0.892. The molecule has 1 aliphatic heterocycles. The van der Waals surface area contributed by atoms with Gasteiger partial charge in [0.1, 0.15) is 12.4 Å². The number of ether oxygens (including phenoxy) is 1. The van der Waals surface area contributed by atoms with Crippen molar-refractivity contribution in [2.75, 3.05) is 6.61 Å². The van der Waals surface area contributed by atoms with Crippen LogP contribution in [-0.2, 0) is 6.42 Å². The van der Waals surface area contributed by atoms with Crippen LogP contribution < -0.4 is 4.74 Å². The summed E-state index contributed by atoms with van der Waals surface area (Å²) in [6.07, 6.45) is 0.334. The second-order valence-corrected chi connectivity index (χ2v) is 3.84. The SMILES string of the molecule is OC1COc2ccc(Br)cc2C1. The molecule has 1 N–H and O–H groups in total. The first kappa shape index (κ1) is 8.08. The van der Waals surface area contributed by atoms with Crippen molar-refractivity contribution >= 4 is 15.9 Å². The van der Waals surface area contributed by atoms with Gasteiger partial charge in [-0.15, -0.1) is 0 Å². The largest absolute Gasteiger partial charge is 0.491 e. The van der Waals surface area contributed by atoms with Crippen molar-refractivity contribution in [2.24, 2.45) is 0 Å². The van der Waals surface area contributed by atoms with Crippen molar-refractivity contribution < 1.29 is 9.84 Å². The molecule has 1 aliphatic rings. The second kappa shape index (κ2) is 3.07. The van der Waals surface area contributed by atoms with Crippen LogP contribution in [0.3, 0.4) is 0 Å². The summed E-state index contributed by atoms with van der Waals surface area (Å²) < 4.78 is 6.35. The lowest BCUT2D eigenvalue weighted by Crippen LogP contribution is -2.25. The lowest BCUT2D eigenvalue weighted by molar-refractivity contribution is 0.0921. The fraction of sp³-hybridized carbons (Fsp3) is 0.333. The summed E-state index contributed by atoms with van der Waals surface area (Å²) in [5.41, 5.74) is 1.07. The van der Waals surface area contributed by atoms with Crippen LogP contribution in [0.2, 0.25) is 0 Å². The van der Waals surface area contributed by atoms with Crippen LogP contribution in [0, 0.1) is 0 Å². The maximum atomic E-state index is 9.31. The van der Waals surface area contributed by atoms with Crippen molar-refractivity contribution in [2.45, 2.75) is 12.5 Å². The molecular formula is C9H9BrO2. The maximum Gasteiger partial charge on any atom is 0.122 e. The van der Waals surface area contributed by atoms with E-state index in [-0.39, 0.29) is 6.10 Å². The lowest BCUT2D eigenvalue weighted by atomic mass is 10.1. The smallest absolute Gasteiger partial charge is 0.122 e. The number of aliphatic hydroxyl groups excluding tert-OH is 1. The van der Waals surface area contributed by atoms with Gasteiger partial charge >= 0.3 is 0 Å². The summed E-state index contributed by atoms with van der Waals surface area (Å²) in [6.45, 7) is 0.411. The van der Waals surface area contributed by atoms with E-state index < -0.39 is 0 Å². The highest BCUT2D eigenvalue weighted by molar-refractivity contribution is 9.10. The molecule has 1 aromatic rings. The first-order valence-corrected chi connectivity index (χ1v) is 4.64. The summed E-state index contributed by atoms with van der Waals surface area (Å²) >= 11 is 3.37. The highest BCUT2D eigenvalue weighted by Crippen LogP contribution is 2.27. The monoisotopic (exact) mass is 228 g/mol. The van der Waals surface area contributed by atoms with Crippen molar-refractivity contribution in [3.05, 3.63) is 28.2 Å². The number of halogens is 1. The van der Waals surface area contributed by atoms with E-state index in [1.165, 1.54) is 0 Å². The molecule has 2 nitrogen and oxygen atoms in total. The van der Waals surface area contributed by atoms with Crippen LogP contribution in [0.15, 0.2) is 22.7 Å². The van der Waals surface area contributed by atoms with Crippen LogP contribution in [0.25, 0.3) is 0 Å². The lowest BCUT2D eigenvalue weighted by Gasteiger charge is -2.21. The van der Waals surface area contributed by atoms with Crippen molar-refractivity contribution in [1.29, 1.82) is 0 Å². The van der Waals surface area contributed by atoms with Gasteiger partial charge < -0.3 is 9.84 Å². The molecule has 0 saturated carbocycles. The molecule has 2 rings (SSSR count). The van der Waals surface area contributed by atoms with Gasteiger partial charge in [-0.1, -0.05) is 15.9 Å². The maximum absolute atomic E-state index is 9.31. The third kappa shape index (κ3) is 1.47. The van der Waals surface area contributed by atoms with E-state index in [1.54, 1.807) is 0 Å². The average Bonchev–Trinajstić information content (AvgIpc) is 2.03. The number of aliphatic hydroxyl groups is 1. The predicted octanol–water partition coefficient (Wildman–Crippen LogP) is 1.74. The van der Waals surface area contributed by atoms with Gasteiger partial charge in [0.25, 0.3) is 0 Å². The second-order valence-electron chi connectivity index (χ2n) is 2.92. The van der Waals surface area contributed by atoms with Crippen LogP contribution in [-0.4, -0.2) is 17.8 Å². The van der Waals surface area contributed by atoms with Crippen LogP contribution in [0.1, 0.15) is 5.56 Å². The highest BCUT2D eigenvalue weighted by Gasteiger charge is 2.16. The van der Waals surface area contributed by atoms with E-state index in [9.17, 15) is 5.11 Å². The van der Waals surface area contributed by atoms with E-state index in [2.05, 4.69) is 15.9 Å². The number of hydrogen-bond donors (Lipinski definition) is 1. The van der Waals surface area contributed by atoms with E-state index in [0.717, 1.165) is 15.8 Å². The Morgan fingerprint density at radius 2 is 2.33 bits per heavy atom. The molecule has 0 saturated heterocycles. The van der Waals surface area contributed by atoms with Crippen LogP contribution in [0.5, 0.6) is 5.75 Å². The first-order chi connectivity index (χ1) is 5.75. The molecule has 0 radical (unpaired) electrons. The Balaban J connectivity index is 2.37. The Bertz CT molecular complexity index is 299. The van der Waals surface area contributed by atoms with Crippen molar-refractivity contribution in [1.82, 2.24) is 0 Å². The van der Waals surface area contributed by atoms with Crippen molar-refractivity contribution in [3.8, 4) is 5.75 Å².